The number of ether oxygens (including phenoxy) is 2. The second-order valence-corrected chi connectivity index (χ2v) is 10.3. The minimum absolute atomic E-state index is 0.0778. The number of fused-ring (bicyclic) bond motifs is 1. The molecule has 2 heterocycles. The van der Waals surface area contributed by atoms with Gasteiger partial charge in [0.05, 0.1) is 6.42 Å². The molecule has 1 aliphatic heterocycles. The van der Waals surface area contributed by atoms with Crippen molar-refractivity contribution in [3.8, 4) is 11.5 Å². The number of nitrogens with one attached hydrogen (secondary N) is 1. The van der Waals surface area contributed by atoms with E-state index in [0.29, 0.717) is 17.1 Å². The normalized spacial score (nSPS) is 15.9. The minimum Gasteiger partial charge on any atom is -0.454 e. The quantitative estimate of drug-likeness (QED) is 0.444. The van der Waals surface area contributed by atoms with Crippen LogP contribution in [0.5, 0.6) is 11.5 Å². The van der Waals surface area contributed by atoms with Crippen LogP contribution < -0.4 is 14.8 Å². The molecule has 3 aromatic rings. The molecule has 1 atom stereocenters. The number of thiophene rings is 1. The number of hydrogen-bond acceptors (Lipinski definition) is 5. The lowest BCUT2D eigenvalue weighted by Crippen LogP contribution is -2.47. The molecule has 2 aromatic carbocycles. The molecule has 0 radical (unpaired) electrons. The zero-order valence-corrected chi connectivity index (χ0v) is 20.8. The predicted molar refractivity (Wildman–Crippen MR) is 135 cm³/mol. The molecule has 0 spiro atoms. The van der Waals surface area contributed by atoms with Gasteiger partial charge in [-0.25, -0.2) is 4.39 Å². The van der Waals surface area contributed by atoms with Crippen molar-refractivity contribution >= 4 is 23.2 Å². The highest BCUT2D eigenvalue weighted by atomic mass is 32.1. The van der Waals surface area contributed by atoms with Gasteiger partial charge in [0.15, 0.2) is 11.5 Å². The molecule has 0 bridgehead atoms. The fourth-order valence-electron chi connectivity index (χ4n) is 4.87. The largest absolute Gasteiger partial charge is 0.454 e. The van der Waals surface area contributed by atoms with E-state index in [9.17, 15) is 14.0 Å². The molecule has 1 N–H and O–H groups in total. The molecule has 8 heteroatoms. The number of carbonyl (C=O) groups excluding carboxylic acids is 2. The fourth-order valence-corrected chi connectivity index (χ4v) is 5.56. The van der Waals surface area contributed by atoms with Crippen LogP contribution in [0, 0.1) is 5.82 Å². The van der Waals surface area contributed by atoms with E-state index in [-0.39, 0.29) is 37.6 Å². The van der Waals surface area contributed by atoms with Crippen molar-refractivity contribution in [2.24, 2.45) is 0 Å². The number of amides is 2. The first-order chi connectivity index (χ1) is 17.6. The van der Waals surface area contributed by atoms with E-state index in [2.05, 4.69) is 5.32 Å². The third-order valence-electron chi connectivity index (χ3n) is 6.71. The van der Waals surface area contributed by atoms with Crippen molar-refractivity contribution in [3.63, 3.8) is 0 Å². The van der Waals surface area contributed by atoms with Crippen molar-refractivity contribution < 1.29 is 23.5 Å². The molecule has 1 aliphatic carbocycles. The topological polar surface area (TPSA) is 67.9 Å². The van der Waals surface area contributed by atoms with Crippen LogP contribution in [0.1, 0.15) is 54.1 Å². The van der Waals surface area contributed by atoms with Gasteiger partial charge < -0.3 is 19.7 Å². The second kappa shape index (κ2) is 11.1. The van der Waals surface area contributed by atoms with Crippen LogP contribution in [-0.4, -0.2) is 29.5 Å². The van der Waals surface area contributed by atoms with Crippen LogP contribution in [0.15, 0.2) is 60.0 Å². The Labute approximate surface area is 214 Å². The molecular weight excluding hydrogens is 479 g/mol. The molecule has 1 saturated carbocycles. The lowest BCUT2D eigenvalue weighted by Gasteiger charge is -2.33. The maximum atomic E-state index is 13.8. The Bertz CT molecular complexity index is 1190. The zero-order valence-electron chi connectivity index (χ0n) is 20.0. The van der Waals surface area contributed by atoms with Gasteiger partial charge in [-0.15, -0.1) is 11.3 Å². The molecule has 6 nitrogen and oxygen atoms in total. The van der Waals surface area contributed by atoms with Crippen LogP contribution in [-0.2, 0) is 22.6 Å². The third kappa shape index (κ3) is 5.70. The summed E-state index contributed by atoms with van der Waals surface area (Å²) in [6.45, 7) is 0.350. The summed E-state index contributed by atoms with van der Waals surface area (Å²) < 4.78 is 24.8. The van der Waals surface area contributed by atoms with Crippen LogP contribution >= 0.6 is 11.3 Å². The lowest BCUT2D eigenvalue weighted by molar-refractivity contribution is -0.141. The van der Waals surface area contributed by atoms with E-state index >= 15 is 0 Å². The van der Waals surface area contributed by atoms with Crippen LogP contribution in [0.25, 0.3) is 0 Å². The summed E-state index contributed by atoms with van der Waals surface area (Å²) in [4.78, 5) is 30.0. The first kappa shape index (κ1) is 24.3. The maximum Gasteiger partial charge on any atom is 0.247 e. The van der Waals surface area contributed by atoms with Crippen molar-refractivity contribution in [2.75, 3.05) is 6.79 Å². The maximum absolute atomic E-state index is 13.8. The minimum atomic E-state index is -0.898. The van der Waals surface area contributed by atoms with Crippen LogP contribution in [0.4, 0.5) is 4.39 Å². The van der Waals surface area contributed by atoms with Crippen LogP contribution in [0.2, 0.25) is 0 Å². The summed E-state index contributed by atoms with van der Waals surface area (Å²) in [6.07, 6.45) is 5.34. The van der Waals surface area contributed by atoms with E-state index in [1.54, 1.807) is 17.0 Å². The molecule has 1 aromatic heterocycles. The SMILES string of the molecule is O=C(NC1CCCCC1)[C@@H](c1ccc(F)cc1)N(Cc1ccc2c(c1)OCO2)C(=O)Cc1cccs1. The van der Waals surface area contributed by atoms with Gasteiger partial charge in [0.25, 0.3) is 0 Å². The van der Waals surface area contributed by atoms with E-state index in [1.807, 2.05) is 35.7 Å². The molecule has 1 fully saturated rings. The molecule has 2 aliphatic rings. The second-order valence-electron chi connectivity index (χ2n) is 9.26. The number of carbonyl (C=O) groups is 2. The molecule has 0 unspecified atom stereocenters. The van der Waals surface area contributed by atoms with E-state index in [0.717, 1.165) is 36.1 Å². The highest BCUT2D eigenvalue weighted by molar-refractivity contribution is 7.10. The van der Waals surface area contributed by atoms with Crippen molar-refractivity contribution in [3.05, 3.63) is 81.8 Å². The highest BCUT2D eigenvalue weighted by Crippen LogP contribution is 2.34. The number of nitrogens with zero attached hydrogens (tertiary/aromatic N) is 1. The Balaban J connectivity index is 1.49. The third-order valence-corrected chi connectivity index (χ3v) is 7.59. The van der Waals surface area contributed by atoms with Gasteiger partial charge in [-0.2, -0.15) is 0 Å². The number of benzene rings is 2. The predicted octanol–water partition coefficient (Wildman–Crippen LogP) is 5.38. The monoisotopic (exact) mass is 508 g/mol. The summed E-state index contributed by atoms with van der Waals surface area (Å²) >= 11 is 1.50. The Morgan fingerprint density at radius 2 is 1.81 bits per heavy atom. The first-order valence-corrected chi connectivity index (χ1v) is 13.2. The Morgan fingerprint density at radius 1 is 1.03 bits per heavy atom. The van der Waals surface area contributed by atoms with E-state index < -0.39 is 11.9 Å². The number of halogens is 1. The Morgan fingerprint density at radius 3 is 2.56 bits per heavy atom. The Hall–Kier alpha value is -3.39. The van der Waals surface area contributed by atoms with Crippen molar-refractivity contribution in [2.45, 2.75) is 57.2 Å². The van der Waals surface area contributed by atoms with Gasteiger partial charge in [-0.3, -0.25) is 9.59 Å². The van der Waals surface area contributed by atoms with Gasteiger partial charge in [0.2, 0.25) is 18.6 Å². The van der Waals surface area contributed by atoms with Gasteiger partial charge in [0, 0.05) is 17.5 Å². The summed E-state index contributed by atoms with van der Waals surface area (Å²) in [5.74, 6) is 0.456. The van der Waals surface area contributed by atoms with Gasteiger partial charge in [-0.05, 0) is 59.7 Å². The highest BCUT2D eigenvalue weighted by Gasteiger charge is 2.33. The average Bonchev–Trinajstić information content (AvgIpc) is 3.57. The summed E-state index contributed by atoms with van der Waals surface area (Å²) in [6, 6.07) is 14.4. The van der Waals surface area contributed by atoms with Gasteiger partial charge in [0.1, 0.15) is 11.9 Å². The molecule has 0 saturated heterocycles. The number of hydrogen-bond donors (Lipinski definition) is 1. The molecule has 2 amide bonds. The Kier molecular flexibility index (Phi) is 7.51. The fraction of sp³-hybridized carbons (Fsp3) is 0.357. The summed E-state index contributed by atoms with van der Waals surface area (Å²) in [5.41, 5.74) is 1.39. The summed E-state index contributed by atoms with van der Waals surface area (Å²) in [5, 5.41) is 5.11. The molecule has 36 heavy (non-hydrogen) atoms. The zero-order chi connectivity index (χ0) is 24.9. The van der Waals surface area contributed by atoms with Crippen molar-refractivity contribution in [1.29, 1.82) is 0 Å². The molecular formula is C28H29FN2O4S. The standard InChI is InChI=1S/C28H29FN2O4S/c29-21-11-9-20(10-12-21)27(28(33)30-22-5-2-1-3-6-22)31(26(32)16-23-7-4-14-36-23)17-19-8-13-24-25(15-19)35-18-34-24/h4,7-15,22,27H,1-3,5-6,16-18H2,(H,30,33)/t27-/m1/s1. The summed E-state index contributed by atoms with van der Waals surface area (Å²) in [7, 11) is 0. The smallest absolute Gasteiger partial charge is 0.247 e. The van der Waals surface area contributed by atoms with Gasteiger partial charge in [-0.1, -0.05) is 43.5 Å². The number of rotatable bonds is 8. The van der Waals surface area contributed by atoms with Crippen LogP contribution in [0.3, 0.4) is 0 Å². The molecule has 188 valence electrons. The van der Waals surface area contributed by atoms with E-state index in [1.165, 1.54) is 29.9 Å². The first-order valence-electron chi connectivity index (χ1n) is 12.3. The van der Waals surface area contributed by atoms with Crippen molar-refractivity contribution in [1.82, 2.24) is 10.2 Å². The average molecular weight is 509 g/mol. The van der Waals surface area contributed by atoms with E-state index in [4.69, 9.17) is 9.47 Å². The molecule has 5 rings (SSSR count). The van der Waals surface area contributed by atoms with Gasteiger partial charge >= 0.3 is 0 Å². The lowest BCUT2D eigenvalue weighted by atomic mass is 9.94.